The molecule has 0 fully saturated rings. The molecule has 0 bridgehead atoms. The minimum absolute atomic E-state index is 0.141. The van der Waals surface area contributed by atoms with Crippen LogP contribution in [0.5, 0.6) is 0 Å². The number of aliphatic hydroxyl groups excluding tert-OH is 1. The first-order chi connectivity index (χ1) is 9.94. The number of pyridine rings is 1. The molecular formula is C15H20N2O3S. The number of hydrogen-bond acceptors (Lipinski definition) is 4. The number of nitrogens with zero attached hydrogens (tertiary/aromatic N) is 1. The van der Waals surface area contributed by atoms with Gasteiger partial charge in [-0.3, -0.25) is 4.98 Å². The van der Waals surface area contributed by atoms with Crippen LogP contribution in [0.4, 0.5) is 0 Å². The highest BCUT2D eigenvalue weighted by atomic mass is 32.2. The molecule has 0 radical (unpaired) electrons. The molecule has 1 aromatic carbocycles. The van der Waals surface area contributed by atoms with Gasteiger partial charge in [0, 0.05) is 17.6 Å². The van der Waals surface area contributed by atoms with E-state index in [1.165, 1.54) is 6.07 Å². The van der Waals surface area contributed by atoms with Crippen molar-refractivity contribution in [2.75, 3.05) is 6.61 Å². The molecule has 0 saturated carbocycles. The van der Waals surface area contributed by atoms with E-state index in [9.17, 15) is 13.5 Å². The van der Waals surface area contributed by atoms with E-state index >= 15 is 0 Å². The van der Waals surface area contributed by atoms with Gasteiger partial charge in [-0.05, 0) is 24.5 Å². The summed E-state index contributed by atoms with van der Waals surface area (Å²) in [6.07, 6.45) is 2.15. The molecule has 1 heterocycles. The summed E-state index contributed by atoms with van der Waals surface area (Å²) in [5, 5.41) is 10.1. The highest BCUT2D eigenvalue weighted by molar-refractivity contribution is 7.89. The van der Waals surface area contributed by atoms with Gasteiger partial charge >= 0.3 is 0 Å². The van der Waals surface area contributed by atoms with Crippen LogP contribution >= 0.6 is 0 Å². The Kier molecular flexibility index (Phi) is 4.92. The van der Waals surface area contributed by atoms with Gasteiger partial charge in [0.25, 0.3) is 0 Å². The lowest BCUT2D eigenvalue weighted by molar-refractivity contribution is 0.240. The molecule has 1 atom stereocenters. The van der Waals surface area contributed by atoms with Gasteiger partial charge in [0.05, 0.1) is 12.1 Å². The summed E-state index contributed by atoms with van der Waals surface area (Å²) in [6.45, 7) is 3.74. The van der Waals surface area contributed by atoms with E-state index in [1.807, 2.05) is 26.0 Å². The molecule has 0 unspecified atom stereocenters. The first kappa shape index (κ1) is 15.9. The molecule has 0 aliphatic carbocycles. The van der Waals surface area contributed by atoms with Crippen molar-refractivity contribution in [3.8, 4) is 0 Å². The molecule has 1 aromatic heterocycles. The summed E-state index contributed by atoms with van der Waals surface area (Å²) in [5.41, 5.74) is 0.439. The van der Waals surface area contributed by atoms with E-state index < -0.39 is 16.1 Å². The maximum atomic E-state index is 12.5. The lowest BCUT2D eigenvalue weighted by Crippen LogP contribution is -2.38. The van der Waals surface area contributed by atoms with Gasteiger partial charge in [0.15, 0.2) is 0 Å². The molecule has 6 heteroatoms. The topological polar surface area (TPSA) is 79.3 Å². The predicted molar refractivity (Wildman–Crippen MR) is 82.4 cm³/mol. The number of benzene rings is 1. The Morgan fingerprint density at radius 1 is 1.24 bits per heavy atom. The summed E-state index contributed by atoms with van der Waals surface area (Å²) in [6, 6.07) is 8.13. The highest BCUT2D eigenvalue weighted by Gasteiger charge is 2.22. The normalized spacial score (nSPS) is 13.7. The van der Waals surface area contributed by atoms with E-state index in [2.05, 4.69) is 9.71 Å². The lowest BCUT2D eigenvalue weighted by atomic mass is 10.1. The van der Waals surface area contributed by atoms with Gasteiger partial charge in [0.1, 0.15) is 4.90 Å². The second kappa shape index (κ2) is 6.51. The molecule has 21 heavy (non-hydrogen) atoms. The summed E-state index contributed by atoms with van der Waals surface area (Å²) in [7, 11) is -3.72. The van der Waals surface area contributed by atoms with Crippen LogP contribution < -0.4 is 4.72 Å². The van der Waals surface area contributed by atoms with Crippen molar-refractivity contribution in [2.45, 2.75) is 31.2 Å². The van der Waals surface area contributed by atoms with Gasteiger partial charge in [-0.25, -0.2) is 13.1 Å². The highest BCUT2D eigenvalue weighted by Crippen LogP contribution is 2.21. The zero-order valence-corrected chi connectivity index (χ0v) is 13.0. The van der Waals surface area contributed by atoms with Crippen LogP contribution in [0.15, 0.2) is 41.4 Å². The summed E-state index contributed by atoms with van der Waals surface area (Å²) in [4.78, 5) is 4.30. The van der Waals surface area contributed by atoms with E-state index in [1.54, 1.807) is 18.3 Å². The molecule has 0 amide bonds. The summed E-state index contributed by atoms with van der Waals surface area (Å²) in [5.74, 6) is 0.287. The third kappa shape index (κ3) is 3.78. The number of aliphatic hydroxyl groups is 1. The van der Waals surface area contributed by atoms with Gasteiger partial charge < -0.3 is 5.11 Å². The zero-order valence-electron chi connectivity index (χ0n) is 12.2. The Hall–Kier alpha value is -1.50. The third-order valence-corrected chi connectivity index (χ3v) is 4.74. The van der Waals surface area contributed by atoms with Crippen molar-refractivity contribution < 1.29 is 13.5 Å². The number of para-hydroxylation sites is 1. The zero-order chi connectivity index (χ0) is 15.5. The fraction of sp³-hybridized carbons (Fsp3) is 0.400. The van der Waals surface area contributed by atoms with Crippen LogP contribution in [0.3, 0.4) is 0 Å². The second-order valence-electron chi connectivity index (χ2n) is 5.46. The van der Waals surface area contributed by atoms with Crippen molar-refractivity contribution in [2.24, 2.45) is 5.92 Å². The van der Waals surface area contributed by atoms with Crippen LogP contribution in [0.1, 0.15) is 20.3 Å². The molecule has 0 spiro atoms. The predicted octanol–water partition coefficient (Wildman–Crippen LogP) is 1.92. The molecule has 0 saturated heterocycles. The van der Waals surface area contributed by atoms with Gasteiger partial charge in [-0.2, -0.15) is 0 Å². The number of hydrogen-bond donors (Lipinski definition) is 2. The lowest BCUT2D eigenvalue weighted by Gasteiger charge is -2.18. The fourth-order valence-electron chi connectivity index (χ4n) is 2.30. The SMILES string of the molecule is CC(C)C[C@@H](CO)NS(=O)(=O)c1cccc2cccnc12. The largest absolute Gasteiger partial charge is 0.395 e. The number of nitrogens with one attached hydrogen (secondary N) is 1. The number of rotatable bonds is 6. The Morgan fingerprint density at radius 2 is 1.95 bits per heavy atom. The Balaban J connectivity index is 2.38. The van der Waals surface area contributed by atoms with Gasteiger partial charge in [0.2, 0.25) is 10.0 Å². The standard InChI is InChI=1S/C15H20N2O3S/c1-11(2)9-13(10-18)17-21(19,20)14-7-3-5-12-6-4-8-16-15(12)14/h3-8,11,13,17-18H,9-10H2,1-2H3/t13-/m0/s1. The smallest absolute Gasteiger partial charge is 0.243 e. The Morgan fingerprint density at radius 3 is 2.62 bits per heavy atom. The number of aromatic nitrogens is 1. The van der Waals surface area contributed by atoms with Crippen molar-refractivity contribution in [3.05, 3.63) is 36.5 Å². The average molecular weight is 308 g/mol. The van der Waals surface area contributed by atoms with Gasteiger partial charge in [-0.15, -0.1) is 0 Å². The molecular weight excluding hydrogens is 288 g/mol. The van der Waals surface area contributed by atoms with E-state index in [0.29, 0.717) is 11.9 Å². The molecule has 5 nitrogen and oxygen atoms in total. The van der Waals surface area contributed by atoms with Crippen LogP contribution in [-0.2, 0) is 10.0 Å². The number of sulfonamides is 1. The maximum Gasteiger partial charge on any atom is 0.243 e. The molecule has 2 aromatic rings. The molecule has 2 N–H and O–H groups in total. The molecule has 2 rings (SSSR count). The minimum Gasteiger partial charge on any atom is -0.395 e. The van der Waals surface area contributed by atoms with E-state index in [4.69, 9.17) is 0 Å². The Labute approximate surface area is 125 Å². The van der Waals surface area contributed by atoms with Crippen LogP contribution in [0.25, 0.3) is 10.9 Å². The van der Waals surface area contributed by atoms with Crippen LogP contribution in [0.2, 0.25) is 0 Å². The van der Waals surface area contributed by atoms with E-state index in [-0.39, 0.29) is 17.4 Å². The monoisotopic (exact) mass is 308 g/mol. The van der Waals surface area contributed by atoms with Crippen molar-refractivity contribution >= 4 is 20.9 Å². The second-order valence-corrected chi connectivity index (χ2v) is 7.14. The van der Waals surface area contributed by atoms with Gasteiger partial charge in [-0.1, -0.05) is 32.0 Å². The number of fused-ring (bicyclic) bond motifs is 1. The molecule has 114 valence electrons. The van der Waals surface area contributed by atoms with Crippen molar-refractivity contribution in [1.82, 2.24) is 9.71 Å². The van der Waals surface area contributed by atoms with Crippen LogP contribution in [0, 0.1) is 5.92 Å². The molecule has 0 aliphatic heterocycles. The van der Waals surface area contributed by atoms with E-state index in [0.717, 1.165) is 5.39 Å². The average Bonchev–Trinajstić information content (AvgIpc) is 2.45. The van der Waals surface area contributed by atoms with Crippen LogP contribution in [-0.4, -0.2) is 31.2 Å². The quantitative estimate of drug-likeness (QED) is 0.854. The fourth-order valence-corrected chi connectivity index (χ4v) is 3.72. The van der Waals surface area contributed by atoms with Crippen molar-refractivity contribution in [1.29, 1.82) is 0 Å². The minimum atomic E-state index is -3.72. The summed E-state index contributed by atoms with van der Waals surface area (Å²) < 4.78 is 27.6. The summed E-state index contributed by atoms with van der Waals surface area (Å²) >= 11 is 0. The molecule has 0 aliphatic rings. The Bertz CT molecular complexity index is 708. The third-order valence-electron chi connectivity index (χ3n) is 3.18. The van der Waals surface area contributed by atoms with Crippen molar-refractivity contribution in [3.63, 3.8) is 0 Å². The first-order valence-electron chi connectivity index (χ1n) is 6.91. The maximum absolute atomic E-state index is 12.5. The first-order valence-corrected chi connectivity index (χ1v) is 8.39.